The average Bonchev–Trinajstić information content (AvgIpc) is 2.55. The van der Waals surface area contributed by atoms with E-state index in [-0.39, 0.29) is 11.9 Å². The molecular formula is C19H30N2O. The zero-order valence-electron chi connectivity index (χ0n) is 14.3. The minimum absolute atomic E-state index is 0.253. The maximum Gasteiger partial charge on any atom is 0.222 e. The number of nitrogens with zero attached hydrogens (tertiary/aromatic N) is 1. The van der Waals surface area contributed by atoms with Crippen LogP contribution in [0.5, 0.6) is 0 Å². The highest BCUT2D eigenvalue weighted by Crippen LogP contribution is 2.19. The molecule has 0 spiro atoms. The molecule has 0 aliphatic carbocycles. The van der Waals surface area contributed by atoms with Gasteiger partial charge in [-0.3, -0.25) is 4.79 Å². The molecule has 0 bridgehead atoms. The first-order chi connectivity index (χ1) is 10.6. The molecule has 1 fully saturated rings. The van der Waals surface area contributed by atoms with Crippen molar-refractivity contribution in [3.8, 4) is 0 Å². The van der Waals surface area contributed by atoms with E-state index < -0.39 is 0 Å². The standard InChI is InChI=1S/C19H30N2O/c1-15-4-6-18(7-5-15)14-16(2)21(3)19(22)9-8-17-10-12-20-13-11-17/h4-7,16-17,20H,8-14H2,1-3H3. The molecule has 1 atom stereocenters. The first-order valence-electron chi connectivity index (χ1n) is 8.58. The van der Waals surface area contributed by atoms with Crippen LogP contribution in [0.2, 0.25) is 0 Å². The minimum Gasteiger partial charge on any atom is -0.343 e. The van der Waals surface area contributed by atoms with Gasteiger partial charge < -0.3 is 10.2 Å². The van der Waals surface area contributed by atoms with Crippen molar-refractivity contribution in [2.24, 2.45) is 5.92 Å². The molecule has 2 rings (SSSR count). The largest absolute Gasteiger partial charge is 0.343 e. The summed E-state index contributed by atoms with van der Waals surface area (Å²) >= 11 is 0. The molecule has 3 nitrogen and oxygen atoms in total. The van der Waals surface area contributed by atoms with Gasteiger partial charge in [0.05, 0.1) is 0 Å². The van der Waals surface area contributed by atoms with E-state index in [2.05, 4.69) is 43.4 Å². The van der Waals surface area contributed by atoms with Crippen molar-refractivity contribution in [1.29, 1.82) is 0 Å². The van der Waals surface area contributed by atoms with Crippen LogP contribution >= 0.6 is 0 Å². The normalized spacial score (nSPS) is 17.2. The highest BCUT2D eigenvalue weighted by Gasteiger charge is 2.19. The van der Waals surface area contributed by atoms with Gasteiger partial charge in [0.1, 0.15) is 0 Å². The van der Waals surface area contributed by atoms with Gasteiger partial charge in [0.25, 0.3) is 0 Å². The lowest BCUT2D eigenvalue weighted by Gasteiger charge is -2.27. The SMILES string of the molecule is Cc1ccc(CC(C)N(C)C(=O)CCC2CCNCC2)cc1. The summed E-state index contributed by atoms with van der Waals surface area (Å²) < 4.78 is 0. The van der Waals surface area contributed by atoms with Gasteiger partial charge in [-0.15, -0.1) is 0 Å². The Labute approximate surface area is 135 Å². The van der Waals surface area contributed by atoms with E-state index >= 15 is 0 Å². The molecule has 0 aromatic heterocycles. The maximum atomic E-state index is 12.4. The van der Waals surface area contributed by atoms with E-state index in [4.69, 9.17) is 0 Å². The number of carbonyl (C=O) groups excluding carboxylic acids is 1. The van der Waals surface area contributed by atoms with E-state index in [0.29, 0.717) is 6.42 Å². The second-order valence-electron chi connectivity index (χ2n) is 6.78. The van der Waals surface area contributed by atoms with Crippen LogP contribution in [-0.4, -0.2) is 37.0 Å². The monoisotopic (exact) mass is 302 g/mol. The number of hydrogen-bond donors (Lipinski definition) is 1. The van der Waals surface area contributed by atoms with Crippen LogP contribution in [0.15, 0.2) is 24.3 Å². The molecule has 1 aliphatic rings. The molecule has 1 aromatic rings. The van der Waals surface area contributed by atoms with Crippen LogP contribution in [-0.2, 0) is 11.2 Å². The Hall–Kier alpha value is -1.35. The maximum absolute atomic E-state index is 12.4. The molecule has 0 saturated carbocycles. The smallest absolute Gasteiger partial charge is 0.222 e. The van der Waals surface area contributed by atoms with Gasteiger partial charge >= 0.3 is 0 Å². The molecule has 3 heteroatoms. The Morgan fingerprint density at radius 2 is 1.91 bits per heavy atom. The molecule has 1 aliphatic heterocycles. The van der Waals surface area contributed by atoms with Crippen molar-refractivity contribution in [2.45, 2.75) is 52.0 Å². The lowest BCUT2D eigenvalue weighted by Crippen LogP contribution is -2.37. The zero-order chi connectivity index (χ0) is 15.9. The van der Waals surface area contributed by atoms with Crippen LogP contribution in [0, 0.1) is 12.8 Å². The average molecular weight is 302 g/mol. The van der Waals surface area contributed by atoms with Crippen molar-refractivity contribution in [3.63, 3.8) is 0 Å². The molecule has 0 radical (unpaired) electrons. The summed E-state index contributed by atoms with van der Waals surface area (Å²) in [6, 6.07) is 8.86. The molecule has 1 saturated heterocycles. The summed E-state index contributed by atoms with van der Waals surface area (Å²) in [7, 11) is 1.95. The second-order valence-corrected chi connectivity index (χ2v) is 6.78. The van der Waals surface area contributed by atoms with Crippen LogP contribution in [0.25, 0.3) is 0 Å². The van der Waals surface area contributed by atoms with Gasteiger partial charge in [-0.2, -0.15) is 0 Å². The Bertz CT molecular complexity index is 463. The van der Waals surface area contributed by atoms with E-state index in [1.807, 2.05) is 11.9 Å². The molecule has 22 heavy (non-hydrogen) atoms. The van der Waals surface area contributed by atoms with Gasteiger partial charge in [0, 0.05) is 19.5 Å². The van der Waals surface area contributed by atoms with Crippen molar-refractivity contribution >= 4 is 5.91 Å². The first-order valence-corrected chi connectivity index (χ1v) is 8.58. The number of aryl methyl sites for hydroxylation is 1. The summed E-state index contributed by atoms with van der Waals surface area (Å²) in [5.41, 5.74) is 2.58. The molecule has 1 aromatic carbocycles. The number of nitrogens with one attached hydrogen (secondary N) is 1. The number of rotatable bonds is 6. The van der Waals surface area contributed by atoms with Gasteiger partial charge in [0.2, 0.25) is 5.91 Å². The summed E-state index contributed by atoms with van der Waals surface area (Å²) in [6.45, 7) is 6.46. The second kappa shape index (κ2) is 8.33. The minimum atomic E-state index is 0.253. The van der Waals surface area contributed by atoms with Crippen molar-refractivity contribution < 1.29 is 4.79 Å². The van der Waals surface area contributed by atoms with Gasteiger partial charge in [-0.1, -0.05) is 29.8 Å². The quantitative estimate of drug-likeness (QED) is 0.875. The highest BCUT2D eigenvalue weighted by molar-refractivity contribution is 5.76. The van der Waals surface area contributed by atoms with Crippen LogP contribution in [0.3, 0.4) is 0 Å². The van der Waals surface area contributed by atoms with E-state index in [0.717, 1.165) is 31.8 Å². The fraction of sp³-hybridized carbons (Fsp3) is 0.632. The van der Waals surface area contributed by atoms with Crippen LogP contribution < -0.4 is 5.32 Å². The first kappa shape index (κ1) is 17.0. The van der Waals surface area contributed by atoms with E-state index in [1.54, 1.807) is 0 Å². The number of carbonyl (C=O) groups is 1. The van der Waals surface area contributed by atoms with Crippen molar-refractivity contribution in [3.05, 3.63) is 35.4 Å². The Morgan fingerprint density at radius 3 is 2.55 bits per heavy atom. The molecule has 1 heterocycles. The Morgan fingerprint density at radius 1 is 1.27 bits per heavy atom. The van der Waals surface area contributed by atoms with Gasteiger partial charge in [-0.05, 0) is 64.1 Å². The number of piperidine rings is 1. The Kier molecular flexibility index (Phi) is 6.44. The number of benzene rings is 1. The fourth-order valence-corrected chi connectivity index (χ4v) is 3.12. The molecule has 1 N–H and O–H groups in total. The third-order valence-electron chi connectivity index (χ3n) is 4.93. The summed E-state index contributed by atoms with van der Waals surface area (Å²) in [5.74, 6) is 1.02. The molecule has 1 unspecified atom stereocenters. The lowest BCUT2D eigenvalue weighted by atomic mass is 9.93. The third kappa shape index (κ3) is 5.13. The fourth-order valence-electron chi connectivity index (χ4n) is 3.12. The van der Waals surface area contributed by atoms with E-state index in [1.165, 1.54) is 24.0 Å². The molecule has 122 valence electrons. The molecule has 1 amide bonds. The third-order valence-corrected chi connectivity index (χ3v) is 4.93. The number of likely N-dealkylation sites (N-methyl/N-ethyl adjacent to an activating group) is 1. The van der Waals surface area contributed by atoms with Crippen molar-refractivity contribution in [1.82, 2.24) is 10.2 Å². The van der Waals surface area contributed by atoms with Gasteiger partial charge in [0.15, 0.2) is 0 Å². The zero-order valence-corrected chi connectivity index (χ0v) is 14.3. The lowest BCUT2D eigenvalue weighted by molar-refractivity contribution is -0.132. The topological polar surface area (TPSA) is 32.3 Å². The van der Waals surface area contributed by atoms with Crippen molar-refractivity contribution in [2.75, 3.05) is 20.1 Å². The summed E-state index contributed by atoms with van der Waals surface area (Å²) in [4.78, 5) is 14.3. The number of amides is 1. The Balaban J connectivity index is 1.77. The summed E-state index contributed by atoms with van der Waals surface area (Å²) in [6.07, 6.45) is 5.10. The van der Waals surface area contributed by atoms with E-state index in [9.17, 15) is 4.79 Å². The molecular weight excluding hydrogens is 272 g/mol. The van der Waals surface area contributed by atoms with Crippen LogP contribution in [0.4, 0.5) is 0 Å². The number of hydrogen-bond acceptors (Lipinski definition) is 2. The van der Waals surface area contributed by atoms with Gasteiger partial charge in [-0.25, -0.2) is 0 Å². The predicted octanol–water partition coefficient (Wildman–Crippen LogP) is 3.16. The summed E-state index contributed by atoms with van der Waals surface area (Å²) in [5, 5.41) is 3.38. The predicted molar refractivity (Wildman–Crippen MR) is 91.9 cm³/mol. The highest BCUT2D eigenvalue weighted by atomic mass is 16.2. The van der Waals surface area contributed by atoms with Crippen LogP contribution in [0.1, 0.15) is 43.7 Å².